The molecule has 0 radical (unpaired) electrons. The van der Waals surface area contributed by atoms with E-state index in [0.29, 0.717) is 11.3 Å². The van der Waals surface area contributed by atoms with E-state index in [0.717, 1.165) is 17.1 Å². The Morgan fingerprint density at radius 2 is 2.31 bits per heavy atom. The van der Waals surface area contributed by atoms with Crippen LogP contribution >= 0.6 is 11.8 Å². The molecule has 0 bridgehead atoms. The standard InChI is InChI=1S/C11H16N2O2S/c1-15-10-3-2-8(11(12)13)6-9(10)7-16-5-4-14/h2-3,6,14H,4-5,7H2,1H3,(H3,12,13). The minimum absolute atomic E-state index is 0.0519. The molecule has 0 fully saturated rings. The maximum absolute atomic E-state index is 8.71. The fourth-order valence-corrected chi connectivity index (χ4v) is 2.02. The van der Waals surface area contributed by atoms with Gasteiger partial charge in [-0.3, -0.25) is 5.41 Å². The maximum Gasteiger partial charge on any atom is 0.122 e. The molecule has 1 aromatic carbocycles. The average Bonchev–Trinajstić information content (AvgIpc) is 2.29. The van der Waals surface area contributed by atoms with Crippen molar-refractivity contribution in [3.05, 3.63) is 29.3 Å². The Balaban J connectivity index is 2.84. The Hall–Kier alpha value is -1.20. The predicted octanol–water partition coefficient (Wildman–Crippen LogP) is 1.20. The van der Waals surface area contributed by atoms with Crippen LogP contribution in [-0.4, -0.2) is 30.4 Å². The van der Waals surface area contributed by atoms with Gasteiger partial charge in [0.15, 0.2) is 0 Å². The molecule has 88 valence electrons. The molecule has 0 amide bonds. The van der Waals surface area contributed by atoms with Crippen molar-refractivity contribution in [3.8, 4) is 5.75 Å². The van der Waals surface area contributed by atoms with Crippen LogP contribution in [0.5, 0.6) is 5.75 Å². The van der Waals surface area contributed by atoms with Crippen molar-refractivity contribution in [3.63, 3.8) is 0 Å². The average molecular weight is 240 g/mol. The van der Waals surface area contributed by atoms with E-state index in [1.54, 1.807) is 24.9 Å². The van der Waals surface area contributed by atoms with Crippen LogP contribution in [0.3, 0.4) is 0 Å². The lowest BCUT2D eigenvalue weighted by atomic mass is 10.1. The van der Waals surface area contributed by atoms with Crippen molar-refractivity contribution in [1.82, 2.24) is 0 Å². The van der Waals surface area contributed by atoms with E-state index >= 15 is 0 Å². The third-order valence-electron chi connectivity index (χ3n) is 2.08. The Labute approximate surface area is 99.3 Å². The lowest BCUT2D eigenvalue weighted by molar-refractivity contribution is 0.322. The zero-order chi connectivity index (χ0) is 12.0. The highest BCUT2D eigenvalue weighted by atomic mass is 32.2. The summed E-state index contributed by atoms with van der Waals surface area (Å²) in [6, 6.07) is 5.43. The first-order valence-electron chi connectivity index (χ1n) is 4.89. The van der Waals surface area contributed by atoms with E-state index in [1.165, 1.54) is 0 Å². The molecule has 0 aliphatic heterocycles. The second kappa shape index (κ2) is 6.40. The van der Waals surface area contributed by atoms with Crippen LogP contribution in [0.4, 0.5) is 0 Å². The third-order valence-corrected chi connectivity index (χ3v) is 3.07. The molecule has 1 rings (SSSR count). The van der Waals surface area contributed by atoms with Crippen LogP contribution in [0.15, 0.2) is 18.2 Å². The summed E-state index contributed by atoms with van der Waals surface area (Å²) in [5.74, 6) is 2.27. The Morgan fingerprint density at radius 3 is 2.88 bits per heavy atom. The van der Waals surface area contributed by atoms with Gasteiger partial charge >= 0.3 is 0 Å². The molecule has 0 saturated heterocycles. The summed E-state index contributed by atoms with van der Waals surface area (Å²) in [6.07, 6.45) is 0. The summed E-state index contributed by atoms with van der Waals surface area (Å²) in [7, 11) is 1.61. The van der Waals surface area contributed by atoms with Gasteiger partial charge in [-0.25, -0.2) is 0 Å². The number of benzene rings is 1. The number of ether oxygens (including phenoxy) is 1. The largest absolute Gasteiger partial charge is 0.496 e. The first-order valence-corrected chi connectivity index (χ1v) is 6.04. The molecule has 0 aliphatic rings. The van der Waals surface area contributed by atoms with Crippen molar-refractivity contribution in [2.24, 2.45) is 5.73 Å². The quantitative estimate of drug-likeness (QED) is 0.396. The van der Waals surface area contributed by atoms with Crippen molar-refractivity contribution < 1.29 is 9.84 Å². The molecule has 0 unspecified atom stereocenters. The summed E-state index contributed by atoms with van der Waals surface area (Å²) in [5, 5.41) is 16.1. The van der Waals surface area contributed by atoms with Crippen molar-refractivity contribution in [2.75, 3.05) is 19.5 Å². The number of rotatable bonds is 6. The van der Waals surface area contributed by atoms with Crippen LogP contribution in [0.25, 0.3) is 0 Å². The lowest BCUT2D eigenvalue weighted by Gasteiger charge is -2.09. The number of amidine groups is 1. The normalized spacial score (nSPS) is 10.1. The monoisotopic (exact) mass is 240 g/mol. The molecule has 0 heterocycles. The van der Waals surface area contributed by atoms with E-state index in [-0.39, 0.29) is 12.4 Å². The summed E-state index contributed by atoms with van der Waals surface area (Å²) in [6.45, 7) is 0.166. The van der Waals surface area contributed by atoms with Crippen molar-refractivity contribution >= 4 is 17.6 Å². The molecule has 0 aromatic heterocycles. The zero-order valence-electron chi connectivity index (χ0n) is 9.19. The Kier molecular flexibility index (Phi) is 5.14. The molecule has 0 aliphatic carbocycles. The summed E-state index contributed by atoms with van der Waals surface area (Å²) in [4.78, 5) is 0. The molecule has 4 nitrogen and oxygen atoms in total. The highest BCUT2D eigenvalue weighted by Gasteiger charge is 2.06. The van der Waals surface area contributed by atoms with Gasteiger partial charge in [-0.2, -0.15) is 11.8 Å². The summed E-state index contributed by atoms with van der Waals surface area (Å²) >= 11 is 1.61. The minimum Gasteiger partial charge on any atom is -0.496 e. The molecule has 0 spiro atoms. The second-order valence-corrected chi connectivity index (χ2v) is 4.32. The Bertz CT molecular complexity index is 369. The first kappa shape index (κ1) is 12.9. The van der Waals surface area contributed by atoms with Crippen LogP contribution < -0.4 is 10.5 Å². The molecule has 0 saturated carbocycles. The van der Waals surface area contributed by atoms with E-state index in [4.69, 9.17) is 21.0 Å². The van der Waals surface area contributed by atoms with Gasteiger partial charge in [0.05, 0.1) is 13.7 Å². The van der Waals surface area contributed by atoms with Crippen LogP contribution in [-0.2, 0) is 5.75 Å². The maximum atomic E-state index is 8.71. The molecule has 0 atom stereocenters. The molecule has 16 heavy (non-hydrogen) atoms. The lowest BCUT2D eigenvalue weighted by Crippen LogP contribution is -2.11. The van der Waals surface area contributed by atoms with Crippen LogP contribution in [0.2, 0.25) is 0 Å². The van der Waals surface area contributed by atoms with E-state index < -0.39 is 0 Å². The van der Waals surface area contributed by atoms with Gasteiger partial charge in [-0.1, -0.05) is 0 Å². The number of methoxy groups -OCH3 is 1. The number of aliphatic hydroxyl groups is 1. The number of nitrogen functional groups attached to an aromatic ring is 1. The van der Waals surface area contributed by atoms with Crippen LogP contribution in [0, 0.1) is 5.41 Å². The zero-order valence-corrected chi connectivity index (χ0v) is 10.0. The summed E-state index contributed by atoms with van der Waals surface area (Å²) < 4.78 is 5.22. The van der Waals surface area contributed by atoms with E-state index in [2.05, 4.69) is 0 Å². The van der Waals surface area contributed by atoms with Gasteiger partial charge in [0.25, 0.3) is 0 Å². The second-order valence-electron chi connectivity index (χ2n) is 3.22. The van der Waals surface area contributed by atoms with Crippen LogP contribution in [0.1, 0.15) is 11.1 Å². The third kappa shape index (κ3) is 3.43. The highest BCUT2D eigenvalue weighted by molar-refractivity contribution is 7.98. The SMILES string of the molecule is COc1ccc(C(=N)N)cc1CSCCO. The fourth-order valence-electron chi connectivity index (χ4n) is 1.31. The van der Waals surface area contributed by atoms with Gasteiger partial charge in [-0.05, 0) is 18.2 Å². The predicted molar refractivity (Wildman–Crippen MR) is 67.3 cm³/mol. The number of thioether (sulfide) groups is 1. The van der Waals surface area contributed by atoms with Crippen molar-refractivity contribution in [1.29, 1.82) is 5.41 Å². The van der Waals surface area contributed by atoms with Gasteiger partial charge in [-0.15, -0.1) is 0 Å². The topological polar surface area (TPSA) is 79.3 Å². The van der Waals surface area contributed by atoms with Gasteiger partial charge < -0.3 is 15.6 Å². The van der Waals surface area contributed by atoms with Gasteiger partial charge in [0.1, 0.15) is 11.6 Å². The number of aliphatic hydroxyl groups excluding tert-OH is 1. The minimum atomic E-state index is 0.0519. The molecular formula is C11H16N2O2S. The molecule has 1 aromatic rings. The van der Waals surface area contributed by atoms with Gasteiger partial charge in [0.2, 0.25) is 0 Å². The molecule has 4 N–H and O–H groups in total. The fraction of sp³-hybridized carbons (Fsp3) is 0.364. The number of nitrogens with one attached hydrogen (secondary N) is 1. The van der Waals surface area contributed by atoms with Gasteiger partial charge in [0, 0.05) is 22.6 Å². The van der Waals surface area contributed by atoms with E-state index in [1.807, 2.05) is 12.1 Å². The highest BCUT2D eigenvalue weighted by Crippen LogP contribution is 2.24. The number of hydrogen-bond acceptors (Lipinski definition) is 4. The number of nitrogens with two attached hydrogens (primary N) is 1. The Morgan fingerprint density at radius 1 is 1.56 bits per heavy atom. The summed E-state index contributed by atoms with van der Waals surface area (Å²) in [5.41, 5.74) is 7.11. The first-order chi connectivity index (χ1) is 7.69. The molecular weight excluding hydrogens is 224 g/mol. The van der Waals surface area contributed by atoms with E-state index in [9.17, 15) is 0 Å². The smallest absolute Gasteiger partial charge is 0.122 e. The van der Waals surface area contributed by atoms with Crippen molar-refractivity contribution in [2.45, 2.75) is 5.75 Å². The molecule has 5 heteroatoms. The number of hydrogen-bond donors (Lipinski definition) is 3.